The van der Waals surface area contributed by atoms with E-state index in [1.165, 1.54) is 6.20 Å². The highest BCUT2D eigenvalue weighted by molar-refractivity contribution is 5.93. The highest BCUT2D eigenvalue weighted by Crippen LogP contribution is 2.11. The number of rotatable bonds is 4. The molecule has 2 aromatic rings. The molecule has 0 bridgehead atoms. The molecule has 1 unspecified atom stereocenters. The van der Waals surface area contributed by atoms with E-state index in [1.807, 2.05) is 30.3 Å². The Morgan fingerprint density at radius 3 is 2.82 bits per heavy atom. The van der Waals surface area contributed by atoms with Gasteiger partial charge in [-0.3, -0.25) is 9.89 Å². The fraction of sp³-hybridized carbons (Fsp3) is 0.167. The number of anilines is 1. The van der Waals surface area contributed by atoms with E-state index in [0.29, 0.717) is 11.4 Å². The lowest BCUT2D eigenvalue weighted by Crippen LogP contribution is -2.29. The van der Waals surface area contributed by atoms with Gasteiger partial charge in [0.15, 0.2) is 6.10 Å². The second kappa shape index (κ2) is 5.16. The summed E-state index contributed by atoms with van der Waals surface area (Å²) in [6.45, 7) is 1.70. The lowest BCUT2D eigenvalue weighted by molar-refractivity contribution is -0.122. The standard InChI is InChI=1S/C12H13N3O2/c1-9(17-11-5-3-2-4-6-11)12(16)15-10-7-13-14-8-10/h2-9H,1H3,(H,13,14)(H,15,16). The molecule has 0 saturated heterocycles. The first-order valence-electron chi connectivity index (χ1n) is 5.27. The molecule has 1 aromatic carbocycles. The Hall–Kier alpha value is -2.30. The number of para-hydroxylation sites is 1. The number of carbonyl (C=O) groups excluding carboxylic acids is 1. The third-order valence-corrected chi connectivity index (χ3v) is 2.19. The molecule has 1 amide bonds. The molecule has 0 radical (unpaired) electrons. The molecule has 1 heterocycles. The van der Waals surface area contributed by atoms with Crippen molar-refractivity contribution in [1.29, 1.82) is 0 Å². The Labute approximate surface area is 98.8 Å². The Bertz CT molecular complexity index is 468. The molecule has 17 heavy (non-hydrogen) atoms. The summed E-state index contributed by atoms with van der Waals surface area (Å²) < 4.78 is 5.48. The van der Waals surface area contributed by atoms with Gasteiger partial charge in [-0.05, 0) is 19.1 Å². The van der Waals surface area contributed by atoms with Crippen LogP contribution in [-0.2, 0) is 4.79 Å². The number of aromatic amines is 1. The predicted octanol–water partition coefficient (Wildman–Crippen LogP) is 1.82. The summed E-state index contributed by atoms with van der Waals surface area (Å²) in [6.07, 6.45) is 2.58. The Kier molecular flexibility index (Phi) is 3.40. The molecule has 1 aromatic heterocycles. The van der Waals surface area contributed by atoms with E-state index >= 15 is 0 Å². The van der Waals surface area contributed by atoms with E-state index in [1.54, 1.807) is 13.1 Å². The number of nitrogens with one attached hydrogen (secondary N) is 2. The van der Waals surface area contributed by atoms with E-state index < -0.39 is 6.10 Å². The van der Waals surface area contributed by atoms with E-state index in [4.69, 9.17) is 4.74 Å². The lowest BCUT2D eigenvalue weighted by Gasteiger charge is -2.13. The summed E-state index contributed by atoms with van der Waals surface area (Å²) in [5.74, 6) is 0.456. The summed E-state index contributed by atoms with van der Waals surface area (Å²) >= 11 is 0. The van der Waals surface area contributed by atoms with E-state index in [-0.39, 0.29) is 5.91 Å². The first-order chi connectivity index (χ1) is 8.25. The topological polar surface area (TPSA) is 67.0 Å². The maximum Gasteiger partial charge on any atom is 0.265 e. The molecule has 0 aliphatic heterocycles. The van der Waals surface area contributed by atoms with Crippen LogP contribution in [0.1, 0.15) is 6.92 Å². The monoisotopic (exact) mass is 231 g/mol. The van der Waals surface area contributed by atoms with Crippen molar-refractivity contribution in [3.8, 4) is 5.75 Å². The normalized spacial score (nSPS) is 11.8. The van der Waals surface area contributed by atoms with Crippen LogP contribution >= 0.6 is 0 Å². The van der Waals surface area contributed by atoms with E-state index in [2.05, 4.69) is 15.5 Å². The zero-order chi connectivity index (χ0) is 12.1. The third-order valence-electron chi connectivity index (χ3n) is 2.19. The van der Waals surface area contributed by atoms with Crippen LogP contribution in [0.3, 0.4) is 0 Å². The van der Waals surface area contributed by atoms with Crippen LogP contribution in [0.2, 0.25) is 0 Å². The first kappa shape index (κ1) is 11.2. The maximum atomic E-state index is 11.7. The van der Waals surface area contributed by atoms with Gasteiger partial charge in [-0.1, -0.05) is 18.2 Å². The molecule has 5 heteroatoms. The quantitative estimate of drug-likeness (QED) is 0.843. The van der Waals surface area contributed by atoms with Gasteiger partial charge in [0.25, 0.3) is 5.91 Å². The average Bonchev–Trinajstić information content (AvgIpc) is 2.83. The number of hydrogen-bond donors (Lipinski definition) is 2. The van der Waals surface area contributed by atoms with Crippen molar-refractivity contribution in [2.75, 3.05) is 5.32 Å². The van der Waals surface area contributed by atoms with Crippen LogP contribution in [0.5, 0.6) is 5.75 Å². The summed E-state index contributed by atoms with van der Waals surface area (Å²) in [5.41, 5.74) is 0.624. The smallest absolute Gasteiger partial charge is 0.265 e. The second-order valence-corrected chi connectivity index (χ2v) is 3.55. The van der Waals surface area contributed by atoms with Crippen molar-refractivity contribution in [2.24, 2.45) is 0 Å². The predicted molar refractivity (Wildman–Crippen MR) is 63.7 cm³/mol. The molecule has 0 aliphatic carbocycles. The molecular formula is C12H13N3O2. The van der Waals surface area contributed by atoms with Crippen molar-refractivity contribution in [3.05, 3.63) is 42.7 Å². The zero-order valence-corrected chi connectivity index (χ0v) is 9.38. The molecular weight excluding hydrogens is 218 g/mol. The summed E-state index contributed by atoms with van der Waals surface area (Å²) in [4.78, 5) is 11.7. The Balaban J connectivity index is 1.92. The molecule has 0 aliphatic rings. The van der Waals surface area contributed by atoms with Crippen molar-refractivity contribution < 1.29 is 9.53 Å². The van der Waals surface area contributed by atoms with Gasteiger partial charge in [0, 0.05) is 6.20 Å². The fourth-order valence-corrected chi connectivity index (χ4v) is 1.32. The SMILES string of the molecule is CC(Oc1ccccc1)C(=O)Nc1cn[nH]c1. The third kappa shape index (κ3) is 3.07. The number of H-pyrrole nitrogens is 1. The number of amides is 1. The number of aromatic nitrogens is 2. The fourth-order valence-electron chi connectivity index (χ4n) is 1.32. The summed E-state index contributed by atoms with van der Waals surface area (Å²) in [6, 6.07) is 9.22. The van der Waals surface area contributed by atoms with Gasteiger partial charge in [0.2, 0.25) is 0 Å². The van der Waals surface area contributed by atoms with Gasteiger partial charge >= 0.3 is 0 Å². The molecule has 2 rings (SSSR count). The Morgan fingerprint density at radius 1 is 1.41 bits per heavy atom. The van der Waals surface area contributed by atoms with Gasteiger partial charge in [-0.2, -0.15) is 5.10 Å². The largest absolute Gasteiger partial charge is 0.481 e. The van der Waals surface area contributed by atoms with E-state index in [9.17, 15) is 4.79 Å². The van der Waals surface area contributed by atoms with Crippen LogP contribution in [0.25, 0.3) is 0 Å². The van der Waals surface area contributed by atoms with Crippen molar-refractivity contribution in [3.63, 3.8) is 0 Å². The van der Waals surface area contributed by atoms with Crippen LogP contribution < -0.4 is 10.1 Å². The minimum atomic E-state index is -0.563. The second-order valence-electron chi connectivity index (χ2n) is 3.55. The number of nitrogens with zero attached hydrogens (tertiary/aromatic N) is 1. The number of carbonyl (C=O) groups is 1. The molecule has 1 atom stereocenters. The van der Waals surface area contributed by atoms with E-state index in [0.717, 1.165) is 0 Å². The lowest BCUT2D eigenvalue weighted by atomic mass is 10.3. The minimum Gasteiger partial charge on any atom is -0.481 e. The molecule has 0 spiro atoms. The van der Waals surface area contributed by atoms with Crippen molar-refractivity contribution in [1.82, 2.24) is 10.2 Å². The van der Waals surface area contributed by atoms with Crippen molar-refractivity contribution >= 4 is 11.6 Å². The average molecular weight is 231 g/mol. The minimum absolute atomic E-state index is 0.213. The van der Waals surface area contributed by atoms with Crippen molar-refractivity contribution in [2.45, 2.75) is 13.0 Å². The van der Waals surface area contributed by atoms with Gasteiger partial charge in [0.1, 0.15) is 5.75 Å². The van der Waals surface area contributed by atoms with Gasteiger partial charge in [-0.15, -0.1) is 0 Å². The zero-order valence-electron chi connectivity index (χ0n) is 9.38. The highest BCUT2D eigenvalue weighted by atomic mass is 16.5. The molecule has 0 saturated carbocycles. The first-order valence-corrected chi connectivity index (χ1v) is 5.27. The van der Waals surface area contributed by atoms with Crippen LogP contribution in [0.15, 0.2) is 42.7 Å². The molecule has 2 N–H and O–H groups in total. The van der Waals surface area contributed by atoms with Crippen LogP contribution in [0, 0.1) is 0 Å². The number of benzene rings is 1. The van der Waals surface area contributed by atoms with Gasteiger partial charge in [-0.25, -0.2) is 0 Å². The molecule has 88 valence electrons. The Morgan fingerprint density at radius 2 is 2.18 bits per heavy atom. The summed E-state index contributed by atoms with van der Waals surface area (Å²) in [7, 11) is 0. The summed E-state index contributed by atoms with van der Waals surface area (Å²) in [5, 5.41) is 9.04. The molecule has 0 fully saturated rings. The maximum absolute atomic E-state index is 11.7. The van der Waals surface area contributed by atoms with Crippen LogP contribution in [-0.4, -0.2) is 22.2 Å². The number of hydrogen-bond acceptors (Lipinski definition) is 3. The molecule has 5 nitrogen and oxygen atoms in total. The van der Waals surface area contributed by atoms with Gasteiger partial charge in [0.05, 0.1) is 11.9 Å². The van der Waals surface area contributed by atoms with Gasteiger partial charge < -0.3 is 10.1 Å². The van der Waals surface area contributed by atoms with Crippen LogP contribution in [0.4, 0.5) is 5.69 Å². The highest BCUT2D eigenvalue weighted by Gasteiger charge is 2.14. The number of ether oxygens (including phenoxy) is 1.